The van der Waals surface area contributed by atoms with E-state index in [9.17, 15) is 19.2 Å². The minimum atomic E-state index is -0.966. The number of carbonyl (C=O) groups excluding carboxylic acids is 3. The largest absolute Gasteiger partial charge is 0.493 e. The summed E-state index contributed by atoms with van der Waals surface area (Å²) in [7, 11) is 0. The average Bonchev–Trinajstić information content (AvgIpc) is 3.24. The predicted octanol–water partition coefficient (Wildman–Crippen LogP) is 1.88. The van der Waals surface area contributed by atoms with E-state index in [1.165, 1.54) is 0 Å². The van der Waals surface area contributed by atoms with Crippen molar-refractivity contribution >= 4 is 17.8 Å². The third kappa shape index (κ3) is 7.14. The van der Waals surface area contributed by atoms with Crippen molar-refractivity contribution in [1.82, 2.24) is 15.3 Å². The zero-order valence-electron chi connectivity index (χ0n) is 20.2. The van der Waals surface area contributed by atoms with Crippen LogP contribution in [-0.4, -0.2) is 53.7 Å². The molecule has 0 fully saturated rings. The number of aromatic nitrogens is 2. The summed E-state index contributed by atoms with van der Waals surface area (Å²) >= 11 is 0. The summed E-state index contributed by atoms with van der Waals surface area (Å²) in [6.07, 6.45) is 1.35. The van der Waals surface area contributed by atoms with Gasteiger partial charge in [0.2, 0.25) is 0 Å². The number of ether oxygens (including phenoxy) is 3. The lowest BCUT2D eigenvalue weighted by Crippen LogP contribution is -2.42. The van der Waals surface area contributed by atoms with E-state index < -0.39 is 23.9 Å². The molecule has 0 radical (unpaired) electrons. The van der Waals surface area contributed by atoms with Crippen LogP contribution in [0.25, 0.3) is 0 Å². The highest BCUT2D eigenvalue weighted by atomic mass is 16.5. The van der Waals surface area contributed by atoms with Crippen molar-refractivity contribution < 1.29 is 28.6 Å². The van der Waals surface area contributed by atoms with E-state index >= 15 is 0 Å². The molecule has 3 rings (SSSR count). The monoisotopic (exact) mass is 485 g/mol. The Morgan fingerprint density at radius 2 is 1.83 bits per heavy atom. The van der Waals surface area contributed by atoms with Gasteiger partial charge in [-0.1, -0.05) is 0 Å². The zero-order valence-corrected chi connectivity index (χ0v) is 20.2. The fourth-order valence-corrected chi connectivity index (χ4v) is 3.95. The zero-order chi connectivity index (χ0) is 25.4. The maximum Gasteiger partial charge on any atom is 0.328 e. The second-order valence-corrected chi connectivity index (χ2v) is 8.31. The van der Waals surface area contributed by atoms with E-state index in [-0.39, 0.29) is 37.5 Å². The van der Waals surface area contributed by atoms with Crippen molar-refractivity contribution in [2.45, 2.75) is 52.5 Å². The van der Waals surface area contributed by atoms with Gasteiger partial charge < -0.3 is 24.5 Å². The maximum atomic E-state index is 12.7. The van der Waals surface area contributed by atoms with Gasteiger partial charge in [-0.25, -0.2) is 9.78 Å². The topological polar surface area (TPSA) is 137 Å². The first-order chi connectivity index (χ1) is 16.8. The lowest BCUT2D eigenvalue weighted by atomic mass is 10.1. The number of nitrogens with zero attached hydrogens (tertiary/aromatic N) is 1. The number of H-pyrrole nitrogens is 1. The van der Waals surface area contributed by atoms with Crippen LogP contribution in [0.5, 0.6) is 5.75 Å². The third-order valence-corrected chi connectivity index (χ3v) is 5.62. The normalized spacial score (nSPS) is 15.1. The number of amides is 1. The van der Waals surface area contributed by atoms with Gasteiger partial charge in [-0.05, 0) is 64.3 Å². The summed E-state index contributed by atoms with van der Waals surface area (Å²) in [5.41, 5.74) is 1.79. The number of aryl methyl sites for hydroxylation is 1. The summed E-state index contributed by atoms with van der Waals surface area (Å²) in [5.74, 6) is -0.182. The molecular formula is C25H31N3O7. The summed E-state index contributed by atoms with van der Waals surface area (Å²) in [5, 5.41) is 2.63. The minimum Gasteiger partial charge on any atom is -0.493 e. The molecule has 0 saturated carbocycles. The summed E-state index contributed by atoms with van der Waals surface area (Å²) in [4.78, 5) is 55.8. The van der Waals surface area contributed by atoms with E-state index in [0.717, 1.165) is 11.3 Å². The van der Waals surface area contributed by atoms with Gasteiger partial charge in [0.15, 0.2) is 0 Å². The van der Waals surface area contributed by atoms with Gasteiger partial charge >= 0.3 is 11.9 Å². The van der Waals surface area contributed by atoms with Crippen LogP contribution in [0.15, 0.2) is 29.1 Å². The first-order valence-electron chi connectivity index (χ1n) is 11.7. The van der Waals surface area contributed by atoms with Gasteiger partial charge in [-0.15, -0.1) is 0 Å². The highest BCUT2D eigenvalue weighted by molar-refractivity contribution is 5.97. The Hall–Kier alpha value is -3.69. The smallest absolute Gasteiger partial charge is 0.328 e. The Morgan fingerprint density at radius 3 is 2.51 bits per heavy atom. The van der Waals surface area contributed by atoms with Gasteiger partial charge in [-0.2, -0.15) is 0 Å². The molecule has 1 heterocycles. The molecule has 1 amide bonds. The predicted molar refractivity (Wildman–Crippen MR) is 126 cm³/mol. The number of aromatic amines is 1. The Kier molecular flexibility index (Phi) is 8.99. The molecule has 0 spiro atoms. The fraction of sp³-hybridized carbons (Fsp3) is 0.480. The maximum absolute atomic E-state index is 12.7. The van der Waals surface area contributed by atoms with E-state index in [1.54, 1.807) is 45.0 Å². The summed E-state index contributed by atoms with van der Waals surface area (Å²) in [6.45, 7) is 5.94. The lowest BCUT2D eigenvalue weighted by Gasteiger charge is -2.17. The van der Waals surface area contributed by atoms with Crippen LogP contribution in [0.3, 0.4) is 0 Å². The molecule has 1 aliphatic rings. The number of benzene rings is 1. The van der Waals surface area contributed by atoms with Gasteiger partial charge in [0.1, 0.15) is 17.6 Å². The minimum absolute atomic E-state index is 0.0175. The molecule has 188 valence electrons. The van der Waals surface area contributed by atoms with Crippen LogP contribution in [0, 0.1) is 12.8 Å². The molecule has 2 aromatic rings. The van der Waals surface area contributed by atoms with Crippen LogP contribution in [0.4, 0.5) is 0 Å². The van der Waals surface area contributed by atoms with Gasteiger partial charge in [-0.3, -0.25) is 14.4 Å². The average molecular weight is 486 g/mol. The Bertz CT molecular complexity index is 1110. The van der Waals surface area contributed by atoms with Crippen LogP contribution >= 0.6 is 0 Å². The third-order valence-electron chi connectivity index (χ3n) is 5.62. The number of rotatable bonds is 11. The van der Waals surface area contributed by atoms with Gasteiger partial charge in [0.25, 0.3) is 11.5 Å². The molecule has 10 nitrogen and oxygen atoms in total. The van der Waals surface area contributed by atoms with E-state index in [4.69, 9.17) is 14.2 Å². The summed E-state index contributed by atoms with van der Waals surface area (Å²) < 4.78 is 15.8. The molecule has 2 atom stereocenters. The molecule has 0 saturated heterocycles. The molecule has 2 N–H and O–H groups in total. The molecule has 10 heteroatoms. The standard InChI is InChI=1S/C25H31N3O7/c1-4-33-22(29)11-10-20(25(32)34-5-2)28-23(30)17-6-8-18(9-7-17)35-14-16-12-19-21(13-16)26-15(3)27-24(19)31/h6-9,16,20H,4-5,10-14H2,1-3H3,(H,28,30)(H,26,27,31)/t16?,20-/m0/s1. The molecular weight excluding hydrogens is 454 g/mol. The van der Waals surface area contributed by atoms with Gasteiger partial charge in [0, 0.05) is 23.5 Å². The quantitative estimate of drug-likeness (QED) is 0.461. The van der Waals surface area contributed by atoms with Crippen molar-refractivity contribution in [3.63, 3.8) is 0 Å². The van der Waals surface area contributed by atoms with Crippen LogP contribution in [0.2, 0.25) is 0 Å². The van der Waals surface area contributed by atoms with Crippen molar-refractivity contribution in [3.05, 3.63) is 57.3 Å². The Morgan fingerprint density at radius 1 is 1.11 bits per heavy atom. The highest BCUT2D eigenvalue weighted by Crippen LogP contribution is 2.24. The van der Waals surface area contributed by atoms with Crippen LogP contribution in [-0.2, 0) is 31.9 Å². The molecule has 0 bridgehead atoms. The number of fused-ring (bicyclic) bond motifs is 1. The Labute approximate surface area is 203 Å². The van der Waals surface area contributed by atoms with E-state index in [0.29, 0.717) is 36.6 Å². The van der Waals surface area contributed by atoms with Crippen molar-refractivity contribution in [2.75, 3.05) is 19.8 Å². The van der Waals surface area contributed by atoms with Crippen molar-refractivity contribution in [1.29, 1.82) is 0 Å². The number of hydrogen-bond donors (Lipinski definition) is 2. The SMILES string of the molecule is CCOC(=O)CC[C@H](NC(=O)c1ccc(OCC2Cc3nc(C)[nH]c(=O)c3C2)cc1)C(=O)OCC. The van der Waals surface area contributed by atoms with Crippen LogP contribution in [0.1, 0.15) is 54.1 Å². The molecule has 1 unspecified atom stereocenters. The molecule has 35 heavy (non-hydrogen) atoms. The number of esters is 2. The number of hydrogen-bond acceptors (Lipinski definition) is 8. The van der Waals surface area contributed by atoms with Crippen molar-refractivity contribution in [3.8, 4) is 5.75 Å². The first-order valence-corrected chi connectivity index (χ1v) is 11.7. The van der Waals surface area contributed by atoms with E-state index in [2.05, 4.69) is 15.3 Å². The van der Waals surface area contributed by atoms with Gasteiger partial charge in [0.05, 0.1) is 25.5 Å². The number of carbonyl (C=O) groups is 3. The second kappa shape index (κ2) is 12.1. The van der Waals surface area contributed by atoms with E-state index in [1.807, 2.05) is 0 Å². The fourth-order valence-electron chi connectivity index (χ4n) is 3.95. The second-order valence-electron chi connectivity index (χ2n) is 8.31. The molecule has 0 aliphatic heterocycles. The summed E-state index contributed by atoms with van der Waals surface area (Å²) in [6, 6.07) is 5.57. The van der Waals surface area contributed by atoms with Crippen LogP contribution < -0.4 is 15.6 Å². The number of nitrogens with one attached hydrogen (secondary N) is 2. The first kappa shape index (κ1) is 25.9. The molecule has 1 aromatic carbocycles. The molecule has 1 aliphatic carbocycles. The Balaban J connectivity index is 1.54. The lowest BCUT2D eigenvalue weighted by molar-refractivity contribution is -0.146. The molecule has 1 aromatic heterocycles. The van der Waals surface area contributed by atoms with Crippen molar-refractivity contribution in [2.24, 2.45) is 5.92 Å². The highest BCUT2D eigenvalue weighted by Gasteiger charge is 2.27.